The van der Waals surface area contributed by atoms with Gasteiger partial charge in [0.25, 0.3) is 0 Å². The molecule has 17 heavy (non-hydrogen) atoms. The first-order valence-electron chi connectivity index (χ1n) is 6.91. The van der Waals surface area contributed by atoms with Gasteiger partial charge in [0.2, 0.25) is 0 Å². The van der Waals surface area contributed by atoms with Gasteiger partial charge in [0.15, 0.2) is 0 Å². The summed E-state index contributed by atoms with van der Waals surface area (Å²) in [5.41, 5.74) is 0.0693. The maximum Gasteiger partial charge on any atom is 0.136 e. The molecule has 3 heteroatoms. The normalized spacial score (nSPS) is 27.5. The van der Waals surface area contributed by atoms with Crippen LogP contribution in [-0.4, -0.2) is 31.7 Å². The van der Waals surface area contributed by atoms with E-state index in [2.05, 4.69) is 0 Å². The lowest BCUT2D eigenvalue weighted by atomic mass is 9.81. The number of carbonyl (C=O) groups is 1. The Labute approximate surface area is 104 Å². The molecule has 0 aromatic rings. The van der Waals surface area contributed by atoms with Crippen molar-refractivity contribution >= 4 is 5.78 Å². The molecule has 0 radical (unpaired) electrons. The van der Waals surface area contributed by atoms with Crippen molar-refractivity contribution in [3.63, 3.8) is 0 Å². The fourth-order valence-electron chi connectivity index (χ4n) is 3.27. The largest absolute Gasteiger partial charge is 0.385 e. The number of ether oxygens (including phenoxy) is 2. The first-order valence-corrected chi connectivity index (χ1v) is 6.91. The number of ketones is 1. The minimum Gasteiger partial charge on any atom is -0.385 e. The maximum absolute atomic E-state index is 12.1. The van der Waals surface area contributed by atoms with E-state index < -0.39 is 0 Å². The average Bonchev–Trinajstić information content (AvgIpc) is 2.77. The molecule has 0 N–H and O–H groups in total. The van der Waals surface area contributed by atoms with Crippen molar-refractivity contribution < 1.29 is 14.3 Å². The van der Waals surface area contributed by atoms with E-state index in [0.717, 1.165) is 38.7 Å². The van der Waals surface area contributed by atoms with Crippen LogP contribution in [0.1, 0.15) is 51.4 Å². The first-order chi connectivity index (χ1) is 8.26. The summed E-state index contributed by atoms with van der Waals surface area (Å²) in [6.07, 6.45) is 8.29. The molecule has 1 unspecified atom stereocenters. The molecule has 1 spiro atoms. The Kier molecular flexibility index (Phi) is 4.57. The molecule has 2 aliphatic rings. The van der Waals surface area contributed by atoms with Crippen molar-refractivity contribution in [2.75, 3.05) is 20.3 Å². The van der Waals surface area contributed by atoms with E-state index in [-0.39, 0.29) is 11.5 Å². The van der Waals surface area contributed by atoms with Gasteiger partial charge >= 0.3 is 0 Å². The number of hydrogen-bond donors (Lipinski definition) is 0. The lowest BCUT2D eigenvalue weighted by molar-refractivity contribution is -0.136. The van der Waals surface area contributed by atoms with Crippen LogP contribution in [0.2, 0.25) is 0 Å². The molecule has 98 valence electrons. The van der Waals surface area contributed by atoms with Crippen LogP contribution < -0.4 is 0 Å². The second-order valence-electron chi connectivity index (χ2n) is 5.49. The number of methoxy groups -OCH3 is 1. The van der Waals surface area contributed by atoms with Crippen molar-refractivity contribution in [3.8, 4) is 0 Å². The summed E-state index contributed by atoms with van der Waals surface area (Å²) >= 11 is 0. The van der Waals surface area contributed by atoms with E-state index >= 15 is 0 Å². The van der Waals surface area contributed by atoms with E-state index in [1.807, 2.05) is 0 Å². The Morgan fingerprint density at radius 1 is 1.41 bits per heavy atom. The first kappa shape index (κ1) is 13.0. The van der Waals surface area contributed by atoms with Gasteiger partial charge in [-0.1, -0.05) is 12.8 Å². The van der Waals surface area contributed by atoms with E-state index in [1.165, 1.54) is 12.8 Å². The summed E-state index contributed by atoms with van der Waals surface area (Å²) in [4.78, 5) is 12.1. The third-order valence-electron chi connectivity index (χ3n) is 4.23. The van der Waals surface area contributed by atoms with Crippen molar-refractivity contribution in [2.24, 2.45) is 5.92 Å². The zero-order valence-corrected chi connectivity index (χ0v) is 10.9. The van der Waals surface area contributed by atoms with Crippen molar-refractivity contribution in [1.29, 1.82) is 0 Å². The van der Waals surface area contributed by atoms with Gasteiger partial charge in [0.1, 0.15) is 5.78 Å². The van der Waals surface area contributed by atoms with E-state index in [0.29, 0.717) is 18.8 Å². The smallest absolute Gasteiger partial charge is 0.136 e. The molecule has 2 rings (SSSR count). The SMILES string of the molecule is COCCCC(=O)C1CCOC2(CCCC2)C1. The highest BCUT2D eigenvalue weighted by Gasteiger charge is 2.41. The minimum atomic E-state index is 0.0693. The van der Waals surface area contributed by atoms with E-state index in [4.69, 9.17) is 9.47 Å². The van der Waals surface area contributed by atoms with Gasteiger partial charge in [-0.15, -0.1) is 0 Å². The molecular weight excluding hydrogens is 216 g/mol. The van der Waals surface area contributed by atoms with Crippen molar-refractivity contribution in [3.05, 3.63) is 0 Å². The molecule has 0 aromatic heterocycles. The molecule has 1 heterocycles. The monoisotopic (exact) mass is 240 g/mol. The summed E-state index contributed by atoms with van der Waals surface area (Å²) in [6, 6.07) is 0. The van der Waals surface area contributed by atoms with E-state index in [1.54, 1.807) is 7.11 Å². The molecule has 3 nitrogen and oxygen atoms in total. The summed E-state index contributed by atoms with van der Waals surface area (Å²) in [7, 11) is 1.69. The van der Waals surface area contributed by atoms with Gasteiger partial charge in [0.05, 0.1) is 5.60 Å². The summed E-state index contributed by atoms with van der Waals surface area (Å²) in [5.74, 6) is 0.676. The zero-order valence-electron chi connectivity index (χ0n) is 10.9. The summed E-state index contributed by atoms with van der Waals surface area (Å²) in [6.45, 7) is 1.47. The lowest BCUT2D eigenvalue weighted by Crippen LogP contribution is -2.39. The van der Waals surface area contributed by atoms with Gasteiger partial charge in [-0.2, -0.15) is 0 Å². The predicted molar refractivity (Wildman–Crippen MR) is 66.0 cm³/mol. The van der Waals surface area contributed by atoms with Gasteiger partial charge in [-0.05, 0) is 32.1 Å². The minimum absolute atomic E-state index is 0.0693. The maximum atomic E-state index is 12.1. The van der Waals surface area contributed by atoms with Crippen LogP contribution in [-0.2, 0) is 14.3 Å². The second kappa shape index (κ2) is 5.96. The Morgan fingerprint density at radius 2 is 2.18 bits per heavy atom. The lowest BCUT2D eigenvalue weighted by Gasteiger charge is -2.37. The van der Waals surface area contributed by atoms with Crippen LogP contribution in [0.5, 0.6) is 0 Å². The fourth-order valence-corrected chi connectivity index (χ4v) is 3.27. The quantitative estimate of drug-likeness (QED) is 0.693. The number of hydrogen-bond acceptors (Lipinski definition) is 3. The van der Waals surface area contributed by atoms with Gasteiger partial charge in [0, 0.05) is 32.7 Å². The van der Waals surface area contributed by atoms with Gasteiger partial charge in [-0.25, -0.2) is 0 Å². The second-order valence-corrected chi connectivity index (χ2v) is 5.49. The van der Waals surface area contributed by atoms with Gasteiger partial charge in [-0.3, -0.25) is 4.79 Å². The highest BCUT2D eigenvalue weighted by atomic mass is 16.5. The van der Waals surface area contributed by atoms with Crippen LogP contribution in [0.25, 0.3) is 0 Å². The van der Waals surface area contributed by atoms with Crippen molar-refractivity contribution in [1.82, 2.24) is 0 Å². The summed E-state index contributed by atoms with van der Waals surface area (Å²) < 4.78 is 11.0. The molecule has 1 atom stereocenters. The Hall–Kier alpha value is -0.410. The van der Waals surface area contributed by atoms with Crippen LogP contribution in [0.15, 0.2) is 0 Å². The highest BCUT2D eigenvalue weighted by Crippen LogP contribution is 2.42. The molecule has 0 bridgehead atoms. The average molecular weight is 240 g/mol. The number of Topliss-reactive ketones (excluding diaryl/α,β-unsaturated/α-hetero) is 1. The Balaban J connectivity index is 1.82. The molecule has 1 saturated carbocycles. The van der Waals surface area contributed by atoms with Gasteiger partial charge < -0.3 is 9.47 Å². The highest BCUT2D eigenvalue weighted by molar-refractivity contribution is 5.81. The van der Waals surface area contributed by atoms with Crippen LogP contribution in [0.4, 0.5) is 0 Å². The molecule has 1 aliphatic carbocycles. The number of carbonyl (C=O) groups excluding carboxylic acids is 1. The summed E-state index contributed by atoms with van der Waals surface area (Å²) in [5, 5.41) is 0. The zero-order chi connectivity index (χ0) is 12.1. The number of rotatable bonds is 5. The predicted octanol–water partition coefficient (Wildman–Crippen LogP) is 2.72. The molecular formula is C14H24O3. The standard InChI is InChI=1S/C14H24O3/c1-16-9-4-5-13(15)12-6-10-17-14(11-12)7-2-3-8-14/h12H,2-11H2,1H3. The molecule has 0 aromatic carbocycles. The van der Waals surface area contributed by atoms with Crippen LogP contribution in [0.3, 0.4) is 0 Å². The Bertz CT molecular complexity index is 256. The molecule has 0 amide bonds. The third-order valence-corrected chi connectivity index (χ3v) is 4.23. The van der Waals surface area contributed by atoms with Crippen LogP contribution >= 0.6 is 0 Å². The van der Waals surface area contributed by atoms with Crippen LogP contribution in [0, 0.1) is 5.92 Å². The van der Waals surface area contributed by atoms with Crippen molar-refractivity contribution in [2.45, 2.75) is 57.0 Å². The topological polar surface area (TPSA) is 35.5 Å². The fraction of sp³-hybridized carbons (Fsp3) is 0.929. The molecule has 1 aliphatic heterocycles. The molecule has 2 fully saturated rings. The molecule has 1 saturated heterocycles. The van der Waals surface area contributed by atoms with E-state index in [9.17, 15) is 4.79 Å². The Morgan fingerprint density at radius 3 is 2.88 bits per heavy atom. The third kappa shape index (κ3) is 3.29.